The smallest absolute Gasteiger partial charge is 0.311 e. The molecule has 0 heterocycles. The molecule has 1 aromatic rings. The van der Waals surface area contributed by atoms with E-state index < -0.39 is 24.1 Å². The second-order valence-corrected chi connectivity index (χ2v) is 4.79. The molecule has 0 aromatic heterocycles. The van der Waals surface area contributed by atoms with Crippen LogP contribution in [0.5, 0.6) is 0 Å². The first-order chi connectivity index (χ1) is 9.04. The Morgan fingerprint density at radius 2 is 1.89 bits per heavy atom. The van der Waals surface area contributed by atoms with Crippen LogP contribution in [0.2, 0.25) is 0 Å². The van der Waals surface area contributed by atoms with Crippen molar-refractivity contribution in [1.29, 1.82) is 0 Å². The Bertz CT molecular complexity index is 377. The normalized spacial score (nSPS) is 15.6. The lowest BCUT2D eigenvalue weighted by atomic mass is 9.96. The molecule has 0 aliphatic carbocycles. The van der Waals surface area contributed by atoms with Crippen molar-refractivity contribution in [3.63, 3.8) is 0 Å². The van der Waals surface area contributed by atoms with Crippen molar-refractivity contribution >= 4 is 5.97 Å². The number of aliphatic hydroxyl groups is 2. The molecule has 0 saturated heterocycles. The molecule has 4 heteroatoms. The molecule has 0 amide bonds. The Morgan fingerprint density at radius 1 is 1.26 bits per heavy atom. The highest BCUT2D eigenvalue weighted by molar-refractivity contribution is 5.72. The van der Waals surface area contributed by atoms with Crippen LogP contribution in [0.1, 0.15) is 25.3 Å². The summed E-state index contributed by atoms with van der Waals surface area (Å²) in [6, 6.07) is 9.86. The van der Waals surface area contributed by atoms with Gasteiger partial charge in [0.25, 0.3) is 0 Å². The largest absolute Gasteiger partial charge is 0.469 e. The van der Waals surface area contributed by atoms with E-state index in [2.05, 4.69) is 4.74 Å². The third-order valence-electron chi connectivity index (χ3n) is 3.27. The maximum absolute atomic E-state index is 11.3. The Balaban J connectivity index is 2.34. The number of carbonyl (C=O) groups excluding carboxylic acids is 1. The number of rotatable bonds is 7. The van der Waals surface area contributed by atoms with E-state index in [4.69, 9.17) is 0 Å². The Hall–Kier alpha value is -1.39. The molecule has 0 unspecified atom stereocenters. The monoisotopic (exact) mass is 266 g/mol. The van der Waals surface area contributed by atoms with Crippen molar-refractivity contribution in [2.75, 3.05) is 7.11 Å². The molecular weight excluding hydrogens is 244 g/mol. The second kappa shape index (κ2) is 7.92. The number of methoxy groups -OCH3 is 1. The number of esters is 1. The summed E-state index contributed by atoms with van der Waals surface area (Å²) < 4.78 is 4.56. The van der Waals surface area contributed by atoms with Gasteiger partial charge in [0.2, 0.25) is 0 Å². The first kappa shape index (κ1) is 15.7. The summed E-state index contributed by atoms with van der Waals surface area (Å²) in [4.78, 5) is 11.3. The van der Waals surface area contributed by atoms with Crippen LogP contribution >= 0.6 is 0 Å². The fourth-order valence-corrected chi connectivity index (χ4v) is 1.92. The Kier molecular flexibility index (Phi) is 6.53. The van der Waals surface area contributed by atoms with E-state index in [1.807, 2.05) is 30.3 Å². The van der Waals surface area contributed by atoms with Crippen molar-refractivity contribution in [3.05, 3.63) is 35.9 Å². The topological polar surface area (TPSA) is 66.8 Å². The Labute approximate surface area is 114 Å². The van der Waals surface area contributed by atoms with Gasteiger partial charge in [-0.3, -0.25) is 4.79 Å². The van der Waals surface area contributed by atoms with Gasteiger partial charge in [0, 0.05) is 6.42 Å². The molecule has 0 aliphatic rings. The van der Waals surface area contributed by atoms with E-state index in [-0.39, 0.29) is 6.42 Å². The molecule has 3 atom stereocenters. The van der Waals surface area contributed by atoms with Gasteiger partial charge >= 0.3 is 5.97 Å². The van der Waals surface area contributed by atoms with E-state index in [9.17, 15) is 15.0 Å². The number of ether oxygens (including phenoxy) is 1. The molecule has 0 fully saturated rings. The Morgan fingerprint density at radius 3 is 2.47 bits per heavy atom. The highest BCUT2D eigenvalue weighted by Gasteiger charge is 2.24. The van der Waals surface area contributed by atoms with Gasteiger partial charge in [0.1, 0.15) is 0 Å². The van der Waals surface area contributed by atoms with E-state index in [1.54, 1.807) is 6.92 Å². The molecule has 1 aromatic carbocycles. The molecule has 4 nitrogen and oxygen atoms in total. The summed E-state index contributed by atoms with van der Waals surface area (Å²) in [5.74, 6) is -1.07. The number of hydrogen-bond donors (Lipinski definition) is 2. The van der Waals surface area contributed by atoms with Gasteiger partial charge in [-0.25, -0.2) is 0 Å². The molecule has 19 heavy (non-hydrogen) atoms. The minimum absolute atomic E-state index is 0.184. The average molecular weight is 266 g/mol. The third-order valence-corrected chi connectivity index (χ3v) is 3.27. The van der Waals surface area contributed by atoms with Gasteiger partial charge in [-0.15, -0.1) is 0 Å². The second-order valence-electron chi connectivity index (χ2n) is 4.79. The summed E-state index contributed by atoms with van der Waals surface area (Å²) in [5.41, 5.74) is 1.15. The first-order valence-electron chi connectivity index (χ1n) is 6.52. The van der Waals surface area contributed by atoms with Gasteiger partial charge in [-0.1, -0.05) is 30.3 Å². The molecule has 0 aliphatic heterocycles. The highest BCUT2D eigenvalue weighted by atomic mass is 16.5. The van der Waals surface area contributed by atoms with E-state index in [0.29, 0.717) is 6.42 Å². The van der Waals surface area contributed by atoms with Crippen molar-refractivity contribution in [1.82, 2.24) is 0 Å². The number of aliphatic hydroxyl groups excluding tert-OH is 2. The highest BCUT2D eigenvalue weighted by Crippen LogP contribution is 2.14. The van der Waals surface area contributed by atoms with Crippen molar-refractivity contribution < 1.29 is 19.7 Å². The van der Waals surface area contributed by atoms with Crippen molar-refractivity contribution in [3.8, 4) is 0 Å². The zero-order chi connectivity index (χ0) is 14.3. The summed E-state index contributed by atoms with van der Waals surface area (Å²) in [7, 11) is 1.29. The lowest BCUT2D eigenvalue weighted by Gasteiger charge is -2.19. The van der Waals surface area contributed by atoms with Crippen molar-refractivity contribution in [2.24, 2.45) is 5.92 Å². The number of hydrogen-bond acceptors (Lipinski definition) is 4. The standard InChI is InChI=1S/C15H22O4/c1-11(15(18)19-2)14(17)10-13(16)9-8-12-6-4-3-5-7-12/h3-7,11,13-14,16-17H,8-10H2,1-2H3/t11-,13-,14+/m1/s1. The number of aryl methyl sites for hydroxylation is 1. The van der Waals surface area contributed by atoms with E-state index in [0.717, 1.165) is 12.0 Å². The first-order valence-corrected chi connectivity index (χ1v) is 6.52. The van der Waals surface area contributed by atoms with Crippen LogP contribution in [-0.2, 0) is 16.0 Å². The van der Waals surface area contributed by atoms with Crippen LogP contribution in [0.15, 0.2) is 30.3 Å². The van der Waals surface area contributed by atoms with Gasteiger partial charge in [-0.2, -0.15) is 0 Å². The zero-order valence-electron chi connectivity index (χ0n) is 11.5. The van der Waals surface area contributed by atoms with Crippen LogP contribution < -0.4 is 0 Å². The fraction of sp³-hybridized carbons (Fsp3) is 0.533. The van der Waals surface area contributed by atoms with Gasteiger partial charge in [0.15, 0.2) is 0 Å². The van der Waals surface area contributed by atoms with Gasteiger partial charge < -0.3 is 14.9 Å². The lowest BCUT2D eigenvalue weighted by Crippen LogP contribution is -2.30. The molecule has 1 rings (SSSR count). The molecule has 2 N–H and O–H groups in total. The van der Waals surface area contributed by atoms with Crippen LogP contribution in [0.25, 0.3) is 0 Å². The molecule has 0 radical (unpaired) electrons. The van der Waals surface area contributed by atoms with Gasteiger partial charge in [-0.05, 0) is 25.3 Å². The number of benzene rings is 1. The molecular formula is C15H22O4. The SMILES string of the molecule is COC(=O)[C@H](C)[C@@H](O)C[C@H](O)CCc1ccccc1. The minimum atomic E-state index is -0.877. The maximum Gasteiger partial charge on any atom is 0.311 e. The van der Waals surface area contributed by atoms with Crippen molar-refractivity contribution in [2.45, 2.75) is 38.4 Å². The lowest BCUT2D eigenvalue weighted by molar-refractivity contribution is -0.149. The molecule has 106 valence electrons. The maximum atomic E-state index is 11.3. The zero-order valence-corrected chi connectivity index (χ0v) is 11.5. The summed E-state index contributed by atoms with van der Waals surface area (Å²) in [5, 5.41) is 19.7. The van der Waals surface area contributed by atoms with Crippen LogP contribution in [-0.4, -0.2) is 35.5 Å². The third kappa shape index (κ3) is 5.41. The van der Waals surface area contributed by atoms with E-state index in [1.165, 1.54) is 7.11 Å². The molecule has 0 bridgehead atoms. The number of carbonyl (C=O) groups is 1. The average Bonchev–Trinajstić information content (AvgIpc) is 2.44. The quantitative estimate of drug-likeness (QED) is 0.735. The predicted octanol–water partition coefficient (Wildman–Crippen LogP) is 1.54. The van der Waals surface area contributed by atoms with Crippen LogP contribution in [0.3, 0.4) is 0 Å². The van der Waals surface area contributed by atoms with Gasteiger partial charge in [0.05, 0.1) is 25.2 Å². The minimum Gasteiger partial charge on any atom is -0.469 e. The predicted molar refractivity (Wildman–Crippen MR) is 72.6 cm³/mol. The fourth-order valence-electron chi connectivity index (χ4n) is 1.92. The summed E-state index contributed by atoms with van der Waals surface area (Å²) in [6.07, 6.45) is -0.000101. The van der Waals surface area contributed by atoms with Crippen LogP contribution in [0.4, 0.5) is 0 Å². The molecule has 0 saturated carbocycles. The molecule has 0 spiro atoms. The van der Waals surface area contributed by atoms with E-state index >= 15 is 0 Å². The summed E-state index contributed by atoms with van der Waals surface area (Å²) >= 11 is 0. The van der Waals surface area contributed by atoms with Crippen LogP contribution in [0, 0.1) is 5.92 Å². The summed E-state index contributed by atoms with van der Waals surface area (Å²) in [6.45, 7) is 1.60.